The van der Waals surface area contributed by atoms with Gasteiger partial charge >= 0.3 is 5.97 Å². The van der Waals surface area contributed by atoms with Gasteiger partial charge in [-0.1, -0.05) is 11.6 Å². The van der Waals surface area contributed by atoms with Crippen LogP contribution in [-0.4, -0.2) is 52.3 Å². The Morgan fingerprint density at radius 3 is 2.54 bits per heavy atom. The van der Waals surface area contributed by atoms with Crippen molar-refractivity contribution in [2.75, 3.05) is 19.7 Å². The predicted molar refractivity (Wildman–Crippen MR) is 89.1 cm³/mol. The fourth-order valence-electron chi connectivity index (χ4n) is 2.50. The van der Waals surface area contributed by atoms with E-state index in [4.69, 9.17) is 9.84 Å². The van der Waals surface area contributed by atoms with Crippen LogP contribution in [0.4, 0.5) is 0 Å². The summed E-state index contributed by atoms with van der Waals surface area (Å²) in [5.74, 6) is -0.809. The summed E-state index contributed by atoms with van der Waals surface area (Å²) in [5, 5.41) is 19.0. The third-order valence-corrected chi connectivity index (χ3v) is 4.10. The molecule has 1 aliphatic heterocycles. The molecule has 0 aromatic heterocycles. The van der Waals surface area contributed by atoms with Gasteiger partial charge in [-0.3, -0.25) is 4.79 Å². The van der Waals surface area contributed by atoms with Gasteiger partial charge in [0.2, 0.25) is 0 Å². The largest absolute Gasteiger partial charge is 0.490 e. The van der Waals surface area contributed by atoms with Gasteiger partial charge in [-0.25, -0.2) is 4.79 Å². The quantitative estimate of drug-likeness (QED) is 0.806. The van der Waals surface area contributed by atoms with Crippen molar-refractivity contribution in [3.63, 3.8) is 0 Å². The molecule has 0 unspecified atom stereocenters. The summed E-state index contributed by atoms with van der Waals surface area (Å²) in [7, 11) is 0. The number of carboxylic acid groups (broad SMARTS) is 1. The van der Waals surface area contributed by atoms with Crippen LogP contribution in [0.1, 0.15) is 37.0 Å². The van der Waals surface area contributed by atoms with E-state index in [2.05, 4.69) is 0 Å². The summed E-state index contributed by atoms with van der Waals surface area (Å²) >= 11 is 0. The highest BCUT2D eigenvalue weighted by atomic mass is 16.5. The van der Waals surface area contributed by atoms with Crippen molar-refractivity contribution in [3.8, 4) is 5.75 Å². The van der Waals surface area contributed by atoms with E-state index in [1.54, 1.807) is 29.2 Å². The number of nitrogens with zero attached hydrogens (tertiary/aromatic N) is 1. The Kier molecular flexibility index (Phi) is 5.62. The molecule has 1 amide bonds. The fraction of sp³-hybridized carbons (Fsp3) is 0.444. The molecule has 1 aliphatic rings. The monoisotopic (exact) mass is 333 g/mol. The summed E-state index contributed by atoms with van der Waals surface area (Å²) in [6.45, 7) is 4.83. The molecule has 0 spiro atoms. The van der Waals surface area contributed by atoms with Gasteiger partial charge in [0.25, 0.3) is 5.91 Å². The van der Waals surface area contributed by atoms with E-state index in [0.717, 1.165) is 5.57 Å². The Labute approximate surface area is 141 Å². The number of aliphatic hydroxyl groups is 1. The molecular weight excluding hydrogens is 310 g/mol. The van der Waals surface area contributed by atoms with Crippen molar-refractivity contribution in [2.45, 2.75) is 32.3 Å². The third kappa shape index (κ3) is 4.35. The Balaban J connectivity index is 2.00. The van der Waals surface area contributed by atoms with Gasteiger partial charge in [-0.15, -0.1) is 0 Å². The first-order valence-corrected chi connectivity index (χ1v) is 7.93. The van der Waals surface area contributed by atoms with Crippen LogP contribution in [0.25, 0.3) is 0 Å². The maximum atomic E-state index is 12.5. The predicted octanol–water partition coefficient (Wildman–Crippen LogP) is 2.08. The van der Waals surface area contributed by atoms with Crippen LogP contribution in [0.15, 0.2) is 35.9 Å². The lowest BCUT2D eigenvalue weighted by atomic mass is 9.91. The zero-order chi connectivity index (χ0) is 17.7. The number of hydrogen-bond acceptors (Lipinski definition) is 4. The zero-order valence-corrected chi connectivity index (χ0v) is 14.0. The molecule has 1 fully saturated rings. The SMILES string of the molecule is CC(C)=CCOc1cccc(C(=O)N2CCC(O)(C(=O)O)CC2)c1. The van der Waals surface area contributed by atoms with Gasteiger partial charge in [0.15, 0.2) is 5.60 Å². The topological polar surface area (TPSA) is 87.1 Å². The normalized spacial score (nSPS) is 16.4. The molecule has 0 bridgehead atoms. The van der Waals surface area contributed by atoms with Crippen LogP contribution < -0.4 is 4.74 Å². The van der Waals surface area contributed by atoms with Gasteiger partial charge in [0.05, 0.1) is 0 Å². The molecule has 24 heavy (non-hydrogen) atoms. The number of carbonyl (C=O) groups is 2. The number of aliphatic carboxylic acids is 1. The number of carbonyl (C=O) groups excluding carboxylic acids is 1. The second-order valence-corrected chi connectivity index (χ2v) is 6.25. The lowest BCUT2D eigenvalue weighted by molar-refractivity contribution is -0.162. The highest BCUT2D eigenvalue weighted by molar-refractivity contribution is 5.94. The Bertz CT molecular complexity index is 641. The van der Waals surface area contributed by atoms with Crippen molar-refractivity contribution in [1.82, 2.24) is 4.90 Å². The lowest BCUT2D eigenvalue weighted by Crippen LogP contribution is -2.50. The Morgan fingerprint density at radius 2 is 1.96 bits per heavy atom. The van der Waals surface area contributed by atoms with E-state index in [0.29, 0.717) is 17.9 Å². The van der Waals surface area contributed by atoms with Crippen molar-refractivity contribution in [2.24, 2.45) is 0 Å². The van der Waals surface area contributed by atoms with Crippen LogP contribution in [-0.2, 0) is 4.79 Å². The highest BCUT2D eigenvalue weighted by Crippen LogP contribution is 2.24. The number of piperidine rings is 1. The first-order chi connectivity index (χ1) is 11.3. The molecular formula is C18H23NO5. The fourth-order valence-corrected chi connectivity index (χ4v) is 2.50. The van der Waals surface area contributed by atoms with Crippen molar-refractivity contribution >= 4 is 11.9 Å². The van der Waals surface area contributed by atoms with Crippen LogP contribution in [0, 0.1) is 0 Å². The van der Waals surface area contributed by atoms with Gasteiger partial charge in [-0.2, -0.15) is 0 Å². The van der Waals surface area contributed by atoms with Crippen LogP contribution in [0.3, 0.4) is 0 Å². The lowest BCUT2D eigenvalue weighted by Gasteiger charge is -2.35. The molecule has 0 atom stereocenters. The average Bonchev–Trinajstić information content (AvgIpc) is 2.55. The summed E-state index contributed by atoms with van der Waals surface area (Å²) in [6.07, 6.45) is 2.02. The second kappa shape index (κ2) is 7.49. The number of carboxylic acids is 1. The molecule has 0 aliphatic carbocycles. The molecule has 6 heteroatoms. The molecule has 130 valence electrons. The average molecular weight is 333 g/mol. The first-order valence-electron chi connectivity index (χ1n) is 7.93. The number of ether oxygens (including phenoxy) is 1. The molecule has 1 saturated heterocycles. The number of amides is 1. The van der Waals surface area contributed by atoms with E-state index < -0.39 is 11.6 Å². The number of allylic oxidation sites excluding steroid dienone is 1. The van der Waals surface area contributed by atoms with Crippen molar-refractivity contribution < 1.29 is 24.5 Å². The molecule has 1 aromatic rings. The number of benzene rings is 1. The van der Waals surface area contributed by atoms with E-state index >= 15 is 0 Å². The number of hydrogen-bond donors (Lipinski definition) is 2. The second-order valence-electron chi connectivity index (χ2n) is 6.25. The molecule has 2 rings (SSSR count). The Morgan fingerprint density at radius 1 is 1.29 bits per heavy atom. The highest BCUT2D eigenvalue weighted by Gasteiger charge is 2.40. The van der Waals surface area contributed by atoms with E-state index in [1.807, 2.05) is 19.9 Å². The van der Waals surface area contributed by atoms with Gasteiger partial charge in [0, 0.05) is 31.5 Å². The smallest absolute Gasteiger partial charge is 0.335 e. The van der Waals surface area contributed by atoms with Crippen LogP contribution in [0.5, 0.6) is 5.75 Å². The maximum absolute atomic E-state index is 12.5. The van der Waals surface area contributed by atoms with Gasteiger partial charge in [0.1, 0.15) is 12.4 Å². The van der Waals surface area contributed by atoms with E-state index in [1.165, 1.54) is 0 Å². The summed E-state index contributed by atoms with van der Waals surface area (Å²) in [4.78, 5) is 25.1. The molecule has 0 radical (unpaired) electrons. The van der Waals surface area contributed by atoms with Crippen molar-refractivity contribution in [1.29, 1.82) is 0 Å². The molecule has 1 heterocycles. The number of likely N-dealkylation sites (tertiary alicyclic amines) is 1. The summed E-state index contributed by atoms with van der Waals surface area (Å²) < 4.78 is 5.59. The van der Waals surface area contributed by atoms with E-state index in [-0.39, 0.29) is 31.8 Å². The summed E-state index contributed by atoms with van der Waals surface area (Å²) in [6, 6.07) is 6.92. The molecule has 6 nitrogen and oxygen atoms in total. The Hall–Kier alpha value is -2.34. The minimum atomic E-state index is -1.73. The summed E-state index contributed by atoms with van der Waals surface area (Å²) in [5.41, 5.74) is -0.0848. The van der Waals surface area contributed by atoms with Gasteiger partial charge < -0.3 is 19.8 Å². The molecule has 2 N–H and O–H groups in total. The zero-order valence-electron chi connectivity index (χ0n) is 14.0. The minimum Gasteiger partial charge on any atom is -0.490 e. The standard InChI is InChI=1S/C18H23NO5/c1-13(2)6-11-24-15-5-3-4-14(12-15)16(20)19-9-7-18(23,8-10-19)17(21)22/h3-6,12,23H,7-11H2,1-2H3,(H,21,22). The third-order valence-electron chi connectivity index (χ3n) is 4.10. The van der Waals surface area contributed by atoms with Crippen molar-refractivity contribution in [3.05, 3.63) is 41.5 Å². The van der Waals surface area contributed by atoms with Crippen LogP contribution in [0.2, 0.25) is 0 Å². The first kappa shape index (κ1) is 18.0. The molecule has 0 saturated carbocycles. The van der Waals surface area contributed by atoms with Crippen LogP contribution >= 0.6 is 0 Å². The van der Waals surface area contributed by atoms with Gasteiger partial charge in [-0.05, 0) is 38.1 Å². The number of rotatable bonds is 5. The maximum Gasteiger partial charge on any atom is 0.335 e. The minimum absolute atomic E-state index is 0.0326. The van der Waals surface area contributed by atoms with E-state index in [9.17, 15) is 14.7 Å². The molecule has 1 aromatic carbocycles.